The van der Waals surface area contributed by atoms with Crippen LogP contribution in [0.5, 0.6) is 0 Å². The van der Waals surface area contributed by atoms with Gasteiger partial charge in [0.05, 0.1) is 37.5 Å². The topological polar surface area (TPSA) is 88.2 Å². The van der Waals surface area contributed by atoms with Crippen LogP contribution in [0.15, 0.2) is 35.5 Å². The van der Waals surface area contributed by atoms with Gasteiger partial charge in [0.2, 0.25) is 0 Å². The van der Waals surface area contributed by atoms with E-state index in [1.165, 1.54) is 7.11 Å². The summed E-state index contributed by atoms with van der Waals surface area (Å²) in [5, 5.41) is 3.00. The number of amides is 3. The fourth-order valence-electron chi connectivity index (χ4n) is 3.92. The SMILES string of the molecule is COC(=O)c1ccc([C@H]2NC(=O)N(C3CC3)C(C)=C2C(=O)N2CCOCC2)cc1. The van der Waals surface area contributed by atoms with Crippen molar-refractivity contribution >= 4 is 17.9 Å². The smallest absolute Gasteiger partial charge is 0.337 e. The predicted octanol–water partition coefficient (Wildman–Crippen LogP) is 1.83. The van der Waals surface area contributed by atoms with E-state index in [-0.39, 0.29) is 18.0 Å². The van der Waals surface area contributed by atoms with Crippen LogP contribution in [0.25, 0.3) is 0 Å². The van der Waals surface area contributed by atoms with Crippen LogP contribution >= 0.6 is 0 Å². The standard InChI is InChI=1S/C21H25N3O5/c1-13-17(19(25)23-9-11-29-12-10-23)18(22-21(27)24(13)16-7-8-16)14-3-5-15(6-4-14)20(26)28-2/h3-6,16,18H,7-12H2,1-2H3,(H,22,27)/t18-/m1/s1. The number of hydrogen-bond acceptors (Lipinski definition) is 5. The molecule has 4 rings (SSSR count). The largest absolute Gasteiger partial charge is 0.465 e. The van der Waals surface area contributed by atoms with Crippen LogP contribution in [0.2, 0.25) is 0 Å². The Bertz CT molecular complexity index is 854. The number of urea groups is 1. The van der Waals surface area contributed by atoms with Gasteiger partial charge >= 0.3 is 12.0 Å². The lowest BCUT2D eigenvalue weighted by Gasteiger charge is -2.38. The lowest BCUT2D eigenvalue weighted by molar-refractivity contribution is -0.131. The number of carbonyl (C=O) groups is 3. The van der Waals surface area contributed by atoms with Crippen LogP contribution in [0.3, 0.4) is 0 Å². The Morgan fingerprint density at radius 1 is 1.14 bits per heavy atom. The molecule has 1 aromatic rings. The summed E-state index contributed by atoms with van der Waals surface area (Å²) in [5.74, 6) is -0.515. The number of morpholine rings is 1. The summed E-state index contributed by atoms with van der Waals surface area (Å²) in [6, 6.07) is 6.20. The first-order chi connectivity index (χ1) is 14.0. The number of nitrogens with one attached hydrogen (secondary N) is 1. The zero-order valence-corrected chi connectivity index (χ0v) is 16.6. The average molecular weight is 399 g/mol. The summed E-state index contributed by atoms with van der Waals surface area (Å²) in [6.07, 6.45) is 1.89. The molecule has 0 unspecified atom stereocenters. The number of benzene rings is 1. The zero-order valence-electron chi connectivity index (χ0n) is 16.6. The molecule has 1 aromatic carbocycles. The monoisotopic (exact) mass is 399 g/mol. The minimum absolute atomic E-state index is 0.0847. The number of carbonyl (C=O) groups excluding carboxylic acids is 3. The molecule has 1 atom stereocenters. The first-order valence-electron chi connectivity index (χ1n) is 9.87. The molecule has 8 heteroatoms. The Kier molecular flexibility index (Phi) is 5.27. The van der Waals surface area contributed by atoms with E-state index >= 15 is 0 Å². The zero-order chi connectivity index (χ0) is 20.5. The minimum Gasteiger partial charge on any atom is -0.465 e. The van der Waals surface area contributed by atoms with E-state index in [0.29, 0.717) is 43.1 Å². The molecule has 0 spiro atoms. The molecule has 0 bridgehead atoms. The van der Waals surface area contributed by atoms with E-state index in [1.54, 1.807) is 34.1 Å². The van der Waals surface area contributed by atoms with Crippen molar-refractivity contribution in [3.05, 3.63) is 46.7 Å². The number of nitrogens with zero attached hydrogens (tertiary/aromatic N) is 2. The summed E-state index contributed by atoms with van der Waals surface area (Å²) < 4.78 is 10.1. The maximum atomic E-state index is 13.4. The van der Waals surface area contributed by atoms with Crippen molar-refractivity contribution < 1.29 is 23.9 Å². The molecule has 1 N–H and O–H groups in total. The highest BCUT2D eigenvalue weighted by Gasteiger charge is 2.43. The van der Waals surface area contributed by atoms with E-state index < -0.39 is 12.0 Å². The van der Waals surface area contributed by atoms with Crippen LogP contribution in [0.4, 0.5) is 4.79 Å². The maximum Gasteiger partial charge on any atom is 0.337 e. The van der Waals surface area contributed by atoms with Crippen molar-refractivity contribution in [3.63, 3.8) is 0 Å². The Hall–Kier alpha value is -2.87. The van der Waals surface area contributed by atoms with Gasteiger partial charge in [-0.05, 0) is 37.5 Å². The summed E-state index contributed by atoms with van der Waals surface area (Å²) in [6.45, 7) is 3.92. The quantitative estimate of drug-likeness (QED) is 0.781. The van der Waals surface area contributed by atoms with E-state index in [0.717, 1.165) is 18.4 Å². The van der Waals surface area contributed by atoms with E-state index in [4.69, 9.17) is 9.47 Å². The van der Waals surface area contributed by atoms with Crippen LogP contribution in [-0.4, -0.2) is 67.2 Å². The molecule has 154 valence electrons. The van der Waals surface area contributed by atoms with Crippen molar-refractivity contribution in [2.24, 2.45) is 0 Å². The number of hydrogen-bond donors (Lipinski definition) is 1. The van der Waals surface area contributed by atoms with Crippen LogP contribution in [-0.2, 0) is 14.3 Å². The molecule has 2 fully saturated rings. The van der Waals surface area contributed by atoms with Gasteiger partial charge in [0.1, 0.15) is 0 Å². The third kappa shape index (κ3) is 3.72. The summed E-state index contributed by atoms with van der Waals surface area (Å²) in [5.41, 5.74) is 2.44. The molecule has 1 aliphatic carbocycles. The van der Waals surface area contributed by atoms with Gasteiger partial charge in [-0.15, -0.1) is 0 Å². The lowest BCUT2D eigenvalue weighted by Crippen LogP contribution is -2.51. The van der Waals surface area contributed by atoms with Gasteiger partial charge in [-0.25, -0.2) is 9.59 Å². The second-order valence-electron chi connectivity index (χ2n) is 7.50. The minimum atomic E-state index is -0.570. The van der Waals surface area contributed by atoms with Gasteiger partial charge in [0.15, 0.2) is 0 Å². The van der Waals surface area contributed by atoms with Gasteiger partial charge in [-0.2, -0.15) is 0 Å². The molecular weight excluding hydrogens is 374 g/mol. The Labute approximate surface area is 169 Å². The molecule has 1 saturated heterocycles. The lowest BCUT2D eigenvalue weighted by atomic mass is 9.93. The molecule has 8 nitrogen and oxygen atoms in total. The van der Waals surface area contributed by atoms with Gasteiger partial charge in [0, 0.05) is 24.8 Å². The van der Waals surface area contributed by atoms with Crippen molar-refractivity contribution in [3.8, 4) is 0 Å². The van der Waals surface area contributed by atoms with E-state index in [9.17, 15) is 14.4 Å². The Morgan fingerprint density at radius 2 is 1.79 bits per heavy atom. The first kappa shape index (κ1) is 19.4. The molecule has 2 aliphatic heterocycles. The van der Waals surface area contributed by atoms with E-state index in [1.807, 2.05) is 6.92 Å². The highest BCUT2D eigenvalue weighted by molar-refractivity contribution is 5.99. The average Bonchev–Trinajstić information content (AvgIpc) is 3.58. The summed E-state index contributed by atoms with van der Waals surface area (Å²) in [4.78, 5) is 41.4. The number of ether oxygens (including phenoxy) is 2. The van der Waals surface area contributed by atoms with Crippen molar-refractivity contribution in [2.75, 3.05) is 33.4 Å². The molecule has 2 heterocycles. The second-order valence-corrected chi connectivity index (χ2v) is 7.50. The van der Waals surface area contributed by atoms with Crippen LogP contribution in [0, 0.1) is 0 Å². The molecule has 1 saturated carbocycles. The van der Waals surface area contributed by atoms with Crippen LogP contribution < -0.4 is 5.32 Å². The molecule has 0 aromatic heterocycles. The van der Waals surface area contributed by atoms with Crippen molar-refractivity contribution in [2.45, 2.75) is 31.8 Å². The van der Waals surface area contributed by atoms with Crippen LogP contribution in [0.1, 0.15) is 41.7 Å². The van der Waals surface area contributed by atoms with Gasteiger partial charge in [0.25, 0.3) is 5.91 Å². The predicted molar refractivity (Wildman–Crippen MR) is 104 cm³/mol. The first-order valence-corrected chi connectivity index (χ1v) is 9.87. The molecule has 0 radical (unpaired) electrons. The Morgan fingerprint density at radius 3 is 2.38 bits per heavy atom. The van der Waals surface area contributed by atoms with Gasteiger partial charge < -0.3 is 19.7 Å². The van der Waals surface area contributed by atoms with E-state index in [2.05, 4.69) is 5.32 Å². The molecule has 29 heavy (non-hydrogen) atoms. The van der Waals surface area contributed by atoms with Crippen molar-refractivity contribution in [1.82, 2.24) is 15.1 Å². The second kappa shape index (κ2) is 7.87. The Balaban J connectivity index is 1.71. The number of rotatable bonds is 4. The van der Waals surface area contributed by atoms with Crippen molar-refractivity contribution in [1.29, 1.82) is 0 Å². The van der Waals surface area contributed by atoms with Gasteiger partial charge in [-0.3, -0.25) is 9.69 Å². The maximum absolute atomic E-state index is 13.4. The normalized spacial score (nSPS) is 22.4. The fraction of sp³-hybridized carbons (Fsp3) is 0.476. The third-order valence-electron chi connectivity index (χ3n) is 5.63. The number of methoxy groups -OCH3 is 1. The molecule has 3 aliphatic rings. The summed E-state index contributed by atoms with van der Waals surface area (Å²) >= 11 is 0. The highest BCUT2D eigenvalue weighted by atomic mass is 16.5. The molecular formula is C21H25N3O5. The van der Waals surface area contributed by atoms with Gasteiger partial charge in [-0.1, -0.05) is 12.1 Å². The number of esters is 1. The molecule has 3 amide bonds. The third-order valence-corrected chi connectivity index (χ3v) is 5.63. The number of allylic oxidation sites excluding steroid dienone is 1. The fourth-order valence-corrected chi connectivity index (χ4v) is 3.92. The summed E-state index contributed by atoms with van der Waals surface area (Å²) in [7, 11) is 1.33. The highest BCUT2D eigenvalue weighted by Crippen LogP contribution is 2.38.